The minimum absolute atomic E-state index is 0. The van der Waals surface area contributed by atoms with Gasteiger partial charge in [-0.05, 0) is 27.9 Å². The molecule has 0 fully saturated rings. The number of carbonyl (C=O) groups excluding carboxylic acids is 1. The number of hydrogen-bond acceptors (Lipinski definition) is 4. The summed E-state index contributed by atoms with van der Waals surface area (Å²) in [5.41, 5.74) is 0. The van der Waals surface area contributed by atoms with Crippen molar-refractivity contribution < 1.29 is 20.5 Å². The molecule has 0 atom stereocenters. The minimum atomic E-state index is -0.358. The maximum Gasteiger partial charge on any atom is 0.343 e. The van der Waals surface area contributed by atoms with E-state index in [4.69, 9.17) is 0 Å². The van der Waals surface area contributed by atoms with Gasteiger partial charge in [-0.25, -0.2) is 4.79 Å². The number of ether oxygens (including phenoxy) is 1. The van der Waals surface area contributed by atoms with Gasteiger partial charge in [-0.1, -0.05) is 19.9 Å². The van der Waals surface area contributed by atoms with Crippen molar-refractivity contribution in [2.75, 3.05) is 20.7 Å². The number of esters is 1. The Hall–Kier alpha value is -0.560. The van der Waals surface area contributed by atoms with Crippen molar-refractivity contribution in [2.45, 2.75) is 27.7 Å². The second kappa shape index (κ2) is 29.3. The van der Waals surface area contributed by atoms with E-state index in [2.05, 4.69) is 22.7 Å². The molecule has 16 heavy (non-hydrogen) atoms. The van der Waals surface area contributed by atoms with Crippen LogP contribution >= 0.6 is 12.6 Å². The van der Waals surface area contributed by atoms with E-state index in [1.54, 1.807) is 19.9 Å². The molecular weight excluding hydrogens is 230 g/mol. The molecule has 5 N–H and O–H groups in total. The van der Waals surface area contributed by atoms with Gasteiger partial charge in [0.2, 0.25) is 0 Å². The first-order valence-electron chi connectivity index (χ1n) is 4.74. The Morgan fingerprint density at radius 3 is 1.81 bits per heavy atom. The Morgan fingerprint density at radius 1 is 1.31 bits per heavy atom. The van der Waals surface area contributed by atoms with Crippen LogP contribution in [0.5, 0.6) is 0 Å². The fourth-order valence-corrected chi connectivity index (χ4v) is 0.387. The fraction of sp³-hybridized carbons (Fsp3) is 0.700. The highest BCUT2D eigenvalue weighted by atomic mass is 32.1. The van der Waals surface area contributed by atoms with E-state index in [0.29, 0.717) is 11.5 Å². The van der Waals surface area contributed by atoms with Gasteiger partial charge in [0.25, 0.3) is 0 Å². The van der Waals surface area contributed by atoms with E-state index >= 15 is 0 Å². The van der Waals surface area contributed by atoms with Crippen LogP contribution in [0.2, 0.25) is 0 Å². The smallest absolute Gasteiger partial charge is 0.343 e. The highest BCUT2D eigenvalue weighted by Crippen LogP contribution is 2.01. The third kappa shape index (κ3) is 29.2. The molecule has 0 aromatic carbocycles. The minimum Gasteiger partial charge on any atom is -0.462 e. The van der Waals surface area contributed by atoms with E-state index in [9.17, 15) is 4.79 Å². The molecule has 0 heterocycles. The van der Waals surface area contributed by atoms with Gasteiger partial charge in [-0.15, -0.1) is 12.6 Å². The van der Waals surface area contributed by atoms with Gasteiger partial charge < -0.3 is 21.0 Å². The molecule has 102 valence electrons. The van der Waals surface area contributed by atoms with Crippen molar-refractivity contribution in [1.29, 1.82) is 0 Å². The number of hydrogen-bond donors (Lipinski definition) is 2. The molecule has 0 aliphatic heterocycles. The van der Waals surface area contributed by atoms with Crippen molar-refractivity contribution >= 4 is 18.6 Å². The van der Waals surface area contributed by atoms with Crippen molar-refractivity contribution in [3.63, 3.8) is 0 Å². The van der Waals surface area contributed by atoms with Crippen molar-refractivity contribution in [3.8, 4) is 0 Å². The molecule has 0 aliphatic rings. The molecule has 0 saturated carbocycles. The van der Waals surface area contributed by atoms with E-state index in [1.165, 1.54) is 0 Å². The van der Waals surface area contributed by atoms with Crippen LogP contribution in [0.3, 0.4) is 0 Å². The first-order valence-corrected chi connectivity index (χ1v) is 5.19. The van der Waals surface area contributed by atoms with Gasteiger partial charge in [-0.3, -0.25) is 0 Å². The maximum atomic E-state index is 10.6. The van der Waals surface area contributed by atoms with E-state index in [0.717, 1.165) is 0 Å². The van der Waals surface area contributed by atoms with Crippen LogP contribution in [0.25, 0.3) is 0 Å². The molecule has 5 nitrogen and oxygen atoms in total. The first-order chi connectivity index (χ1) is 6.63. The monoisotopic (exact) mass is 257 g/mol. The molecule has 0 rings (SSSR count). The summed E-state index contributed by atoms with van der Waals surface area (Å²) in [6.45, 7) is 7.89. The lowest BCUT2D eigenvalue weighted by Crippen LogP contribution is -2.02. The Bertz CT molecular complexity index is 152. The summed E-state index contributed by atoms with van der Waals surface area (Å²) in [6.07, 6.45) is 1.60. The van der Waals surface area contributed by atoms with Gasteiger partial charge in [-0.2, -0.15) is 0 Å². The van der Waals surface area contributed by atoms with E-state index in [-0.39, 0.29) is 16.9 Å². The lowest BCUT2D eigenvalue weighted by atomic mass is 10.5. The number of nitrogens with one attached hydrogen (secondary N) is 1. The predicted octanol–water partition coefficient (Wildman–Crippen LogP) is 0.595. The summed E-state index contributed by atoms with van der Waals surface area (Å²) in [5, 5.41) is 2.75. The van der Waals surface area contributed by atoms with Gasteiger partial charge in [0.1, 0.15) is 0 Å². The highest BCUT2D eigenvalue weighted by molar-refractivity contribution is 7.85. The third-order valence-corrected chi connectivity index (χ3v) is 1.20. The van der Waals surface area contributed by atoms with Crippen molar-refractivity contribution in [2.24, 2.45) is 0 Å². The SMILES string of the molecule is C/C=C(/S)C(=O)OCC.CC.CNC.O.O. The van der Waals surface area contributed by atoms with Gasteiger partial charge in [0, 0.05) is 0 Å². The molecule has 6 heteroatoms. The number of rotatable bonds is 2. The summed E-state index contributed by atoms with van der Waals surface area (Å²) in [4.78, 5) is 11.0. The van der Waals surface area contributed by atoms with Crippen LogP contribution in [-0.4, -0.2) is 37.6 Å². The zero-order valence-corrected chi connectivity index (χ0v) is 11.9. The summed E-state index contributed by atoms with van der Waals surface area (Å²) < 4.78 is 4.61. The second-order valence-electron chi connectivity index (χ2n) is 1.89. The summed E-state index contributed by atoms with van der Waals surface area (Å²) in [6, 6.07) is 0. The fourth-order valence-electron chi connectivity index (χ4n) is 0.323. The molecule has 0 radical (unpaired) electrons. The Morgan fingerprint density at radius 2 is 1.62 bits per heavy atom. The quantitative estimate of drug-likeness (QED) is 0.430. The van der Waals surface area contributed by atoms with E-state index < -0.39 is 0 Å². The van der Waals surface area contributed by atoms with Crippen LogP contribution in [0.1, 0.15) is 27.7 Å². The Labute approximate surface area is 104 Å². The molecule has 0 amide bonds. The molecule has 0 aromatic rings. The Balaban J connectivity index is -0.0000000502. The van der Waals surface area contributed by atoms with Crippen molar-refractivity contribution in [1.82, 2.24) is 5.32 Å². The lowest BCUT2D eigenvalue weighted by Gasteiger charge is -1.97. The van der Waals surface area contributed by atoms with Crippen LogP contribution in [-0.2, 0) is 9.53 Å². The zero-order valence-electron chi connectivity index (χ0n) is 11.0. The molecular formula is C10H27NO4S. The second-order valence-corrected chi connectivity index (χ2v) is 2.38. The van der Waals surface area contributed by atoms with Crippen LogP contribution < -0.4 is 5.32 Å². The summed E-state index contributed by atoms with van der Waals surface area (Å²) in [5.74, 6) is -0.358. The normalized spacial score (nSPS) is 7.81. The molecule has 0 bridgehead atoms. The standard InChI is InChI=1S/C6H10O2S.C2H7N.C2H6.2H2O/c1-3-5(9)6(7)8-4-2;1-3-2;1-2;;/h3,9H,4H2,1-2H3;3H,1-2H3;1-2H3;2*1H2/b5-3+;;;;. The van der Waals surface area contributed by atoms with Crippen molar-refractivity contribution in [3.05, 3.63) is 11.0 Å². The van der Waals surface area contributed by atoms with Gasteiger partial charge in [0.15, 0.2) is 0 Å². The number of thiol groups is 1. The molecule has 0 unspecified atom stereocenters. The van der Waals surface area contributed by atoms with E-state index in [1.807, 2.05) is 27.9 Å². The molecule has 0 aromatic heterocycles. The maximum absolute atomic E-state index is 10.6. The van der Waals surface area contributed by atoms with Crippen LogP contribution in [0, 0.1) is 0 Å². The van der Waals surface area contributed by atoms with Gasteiger partial charge in [0.05, 0.1) is 11.5 Å². The number of carbonyl (C=O) groups is 1. The summed E-state index contributed by atoms with van der Waals surface area (Å²) >= 11 is 3.85. The molecule has 0 aliphatic carbocycles. The molecule has 0 spiro atoms. The summed E-state index contributed by atoms with van der Waals surface area (Å²) in [7, 11) is 3.75. The largest absolute Gasteiger partial charge is 0.462 e. The lowest BCUT2D eigenvalue weighted by molar-refractivity contribution is -0.137. The Kier molecular flexibility index (Phi) is 54.0. The zero-order chi connectivity index (χ0) is 12.0. The highest BCUT2D eigenvalue weighted by Gasteiger charge is 2.01. The first kappa shape index (κ1) is 29.5. The van der Waals surface area contributed by atoms with Gasteiger partial charge >= 0.3 is 5.97 Å². The topological polar surface area (TPSA) is 101 Å². The van der Waals surface area contributed by atoms with Crippen LogP contribution in [0.4, 0.5) is 0 Å². The molecule has 0 saturated heterocycles. The third-order valence-electron chi connectivity index (χ3n) is 0.758. The number of allylic oxidation sites excluding steroid dienone is 1. The predicted molar refractivity (Wildman–Crippen MR) is 72.9 cm³/mol. The average molecular weight is 257 g/mol. The average Bonchev–Trinajstić information content (AvgIpc) is 2.21. The van der Waals surface area contributed by atoms with Crippen LogP contribution in [0.15, 0.2) is 11.0 Å².